The number of rotatable bonds is 2. The molecule has 3 atom stereocenters. The van der Waals surface area contributed by atoms with Crippen molar-refractivity contribution in [2.45, 2.75) is 38.1 Å². The van der Waals surface area contributed by atoms with E-state index in [9.17, 15) is 4.39 Å². The average molecular weight is 307 g/mol. The SMILES string of the molecule is CC(C)c1ccc([C@@H]2Nc3c(F)cccc3[C@H]3C=CC[C@H]32)cc1. The van der Waals surface area contributed by atoms with E-state index >= 15 is 0 Å². The van der Waals surface area contributed by atoms with Gasteiger partial charge in [0, 0.05) is 5.92 Å². The summed E-state index contributed by atoms with van der Waals surface area (Å²) in [6.45, 7) is 4.41. The zero-order chi connectivity index (χ0) is 16.0. The van der Waals surface area contributed by atoms with Crippen LogP contribution in [0, 0.1) is 11.7 Å². The fraction of sp³-hybridized carbons (Fsp3) is 0.333. The summed E-state index contributed by atoms with van der Waals surface area (Å²) >= 11 is 0. The lowest BCUT2D eigenvalue weighted by atomic mass is 9.77. The van der Waals surface area contributed by atoms with Gasteiger partial charge in [0.2, 0.25) is 0 Å². The first-order chi connectivity index (χ1) is 11.1. The number of benzene rings is 2. The van der Waals surface area contributed by atoms with Gasteiger partial charge in [-0.1, -0.05) is 62.4 Å². The van der Waals surface area contributed by atoms with E-state index < -0.39 is 0 Å². The van der Waals surface area contributed by atoms with Crippen LogP contribution in [0.5, 0.6) is 0 Å². The Morgan fingerprint density at radius 1 is 1.09 bits per heavy atom. The highest BCUT2D eigenvalue weighted by Crippen LogP contribution is 2.50. The Balaban J connectivity index is 1.74. The van der Waals surface area contributed by atoms with Crippen LogP contribution in [0.4, 0.5) is 10.1 Å². The Morgan fingerprint density at radius 3 is 2.61 bits per heavy atom. The van der Waals surface area contributed by atoms with E-state index in [1.807, 2.05) is 6.07 Å². The molecule has 0 radical (unpaired) electrons. The predicted molar refractivity (Wildman–Crippen MR) is 93.3 cm³/mol. The minimum Gasteiger partial charge on any atom is -0.375 e. The minimum atomic E-state index is -0.148. The number of allylic oxidation sites excluding steroid dienone is 2. The van der Waals surface area contributed by atoms with Crippen LogP contribution in [0.15, 0.2) is 54.6 Å². The predicted octanol–water partition coefficient (Wildman–Crippen LogP) is 5.78. The van der Waals surface area contributed by atoms with E-state index in [1.54, 1.807) is 6.07 Å². The van der Waals surface area contributed by atoms with Gasteiger partial charge in [-0.15, -0.1) is 0 Å². The minimum absolute atomic E-state index is 0.148. The third kappa shape index (κ3) is 2.37. The van der Waals surface area contributed by atoms with Gasteiger partial charge in [0.15, 0.2) is 0 Å². The molecule has 0 spiro atoms. The highest BCUT2D eigenvalue weighted by Gasteiger charge is 2.38. The van der Waals surface area contributed by atoms with E-state index in [2.05, 4.69) is 61.6 Å². The first-order valence-corrected chi connectivity index (χ1v) is 8.46. The Labute approximate surface area is 137 Å². The largest absolute Gasteiger partial charge is 0.375 e. The molecule has 1 heterocycles. The molecular weight excluding hydrogens is 285 g/mol. The van der Waals surface area contributed by atoms with Crippen molar-refractivity contribution < 1.29 is 4.39 Å². The van der Waals surface area contributed by atoms with Crippen molar-refractivity contribution in [2.24, 2.45) is 5.92 Å². The summed E-state index contributed by atoms with van der Waals surface area (Å²) in [4.78, 5) is 0. The van der Waals surface area contributed by atoms with E-state index in [1.165, 1.54) is 11.1 Å². The van der Waals surface area contributed by atoms with Crippen LogP contribution in [0.25, 0.3) is 0 Å². The van der Waals surface area contributed by atoms with E-state index in [0.29, 0.717) is 23.4 Å². The second-order valence-electron chi connectivity index (χ2n) is 7.00. The summed E-state index contributed by atoms with van der Waals surface area (Å²) < 4.78 is 14.3. The number of hydrogen-bond donors (Lipinski definition) is 1. The molecule has 1 nitrogen and oxygen atoms in total. The molecule has 0 saturated heterocycles. The highest BCUT2D eigenvalue weighted by atomic mass is 19.1. The van der Waals surface area contributed by atoms with Crippen molar-refractivity contribution in [1.82, 2.24) is 0 Å². The lowest BCUT2D eigenvalue weighted by Gasteiger charge is -2.37. The number of fused-ring (bicyclic) bond motifs is 3. The summed E-state index contributed by atoms with van der Waals surface area (Å²) in [6, 6.07) is 14.4. The van der Waals surface area contributed by atoms with Gasteiger partial charge < -0.3 is 5.32 Å². The third-order valence-corrected chi connectivity index (χ3v) is 5.31. The molecule has 2 aromatic rings. The normalized spacial score (nSPS) is 25.1. The maximum absolute atomic E-state index is 14.3. The van der Waals surface area contributed by atoms with Crippen molar-refractivity contribution in [2.75, 3.05) is 5.32 Å². The zero-order valence-corrected chi connectivity index (χ0v) is 13.6. The lowest BCUT2D eigenvalue weighted by Crippen LogP contribution is -2.29. The second-order valence-corrected chi connectivity index (χ2v) is 7.00. The standard InChI is InChI=1S/C21H22FN/c1-13(2)14-9-11-15(12-10-14)20-17-6-3-5-16(17)18-7-4-8-19(22)21(18)23-20/h3-5,7-13,16-17,20,23H,6H2,1-2H3/t16-,17+,20-/m0/s1. The zero-order valence-electron chi connectivity index (χ0n) is 13.6. The molecule has 2 aliphatic rings. The van der Waals surface area contributed by atoms with Gasteiger partial charge in [0.05, 0.1) is 11.7 Å². The first kappa shape index (κ1) is 14.5. The van der Waals surface area contributed by atoms with Crippen LogP contribution in [0.2, 0.25) is 0 Å². The molecule has 0 fully saturated rings. The van der Waals surface area contributed by atoms with Crippen LogP contribution < -0.4 is 5.32 Å². The fourth-order valence-corrected chi connectivity index (χ4v) is 4.00. The maximum Gasteiger partial charge on any atom is 0.146 e. The van der Waals surface area contributed by atoms with Crippen molar-refractivity contribution in [3.63, 3.8) is 0 Å². The molecule has 0 aromatic heterocycles. The van der Waals surface area contributed by atoms with E-state index in [4.69, 9.17) is 0 Å². The smallest absolute Gasteiger partial charge is 0.146 e. The number of para-hydroxylation sites is 1. The van der Waals surface area contributed by atoms with Gasteiger partial charge in [-0.2, -0.15) is 0 Å². The number of halogens is 1. The lowest BCUT2D eigenvalue weighted by molar-refractivity contribution is 0.420. The molecule has 0 bridgehead atoms. The summed E-state index contributed by atoms with van der Waals surface area (Å²) in [5, 5.41) is 3.49. The molecule has 4 rings (SSSR count). The number of nitrogens with one attached hydrogen (secondary N) is 1. The molecule has 1 aliphatic heterocycles. The summed E-state index contributed by atoms with van der Waals surface area (Å²) in [5.74, 6) is 1.17. The molecule has 0 amide bonds. The molecule has 1 aliphatic carbocycles. The van der Waals surface area contributed by atoms with Crippen molar-refractivity contribution in [3.8, 4) is 0 Å². The Morgan fingerprint density at radius 2 is 1.87 bits per heavy atom. The average Bonchev–Trinajstić information content (AvgIpc) is 3.04. The molecular formula is C21H22FN. The fourth-order valence-electron chi connectivity index (χ4n) is 4.00. The van der Waals surface area contributed by atoms with Crippen molar-refractivity contribution in [1.29, 1.82) is 0 Å². The molecule has 23 heavy (non-hydrogen) atoms. The van der Waals surface area contributed by atoms with Crippen molar-refractivity contribution >= 4 is 5.69 Å². The van der Waals surface area contributed by atoms with Gasteiger partial charge >= 0.3 is 0 Å². The molecule has 2 aromatic carbocycles. The number of anilines is 1. The van der Waals surface area contributed by atoms with Gasteiger partial charge in [0.25, 0.3) is 0 Å². The highest BCUT2D eigenvalue weighted by molar-refractivity contribution is 5.60. The van der Waals surface area contributed by atoms with Crippen LogP contribution >= 0.6 is 0 Å². The molecule has 0 unspecified atom stereocenters. The first-order valence-electron chi connectivity index (χ1n) is 8.46. The summed E-state index contributed by atoms with van der Waals surface area (Å²) in [5.41, 5.74) is 4.37. The van der Waals surface area contributed by atoms with Gasteiger partial charge in [-0.05, 0) is 41.0 Å². The topological polar surface area (TPSA) is 12.0 Å². The third-order valence-electron chi connectivity index (χ3n) is 5.31. The van der Waals surface area contributed by atoms with E-state index in [0.717, 1.165) is 12.0 Å². The quantitative estimate of drug-likeness (QED) is 0.694. The monoisotopic (exact) mass is 307 g/mol. The van der Waals surface area contributed by atoms with Gasteiger partial charge in [-0.25, -0.2) is 4.39 Å². The summed E-state index contributed by atoms with van der Waals surface area (Å²) in [7, 11) is 0. The van der Waals surface area contributed by atoms with Crippen LogP contribution in [0.3, 0.4) is 0 Å². The second kappa shape index (κ2) is 5.52. The van der Waals surface area contributed by atoms with Gasteiger partial charge in [-0.3, -0.25) is 0 Å². The Kier molecular flexibility index (Phi) is 3.48. The maximum atomic E-state index is 14.3. The number of hydrogen-bond acceptors (Lipinski definition) is 1. The van der Waals surface area contributed by atoms with Crippen LogP contribution in [-0.2, 0) is 0 Å². The van der Waals surface area contributed by atoms with Gasteiger partial charge in [0.1, 0.15) is 5.82 Å². The molecule has 0 saturated carbocycles. The van der Waals surface area contributed by atoms with Crippen LogP contribution in [-0.4, -0.2) is 0 Å². The Hall–Kier alpha value is -2.09. The summed E-state index contributed by atoms with van der Waals surface area (Å²) in [6.07, 6.45) is 5.54. The van der Waals surface area contributed by atoms with E-state index in [-0.39, 0.29) is 11.9 Å². The molecule has 1 N–H and O–H groups in total. The molecule has 2 heteroatoms. The van der Waals surface area contributed by atoms with Crippen molar-refractivity contribution in [3.05, 3.63) is 77.1 Å². The molecule has 118 valence electrons. The van der Waals surface area contributed by atoms with Crippen LogP contribution in [0.1, 0.15) is 54.8 Å². The Bertz CT molecular complexity index is 745.